The van der Waals surface area contributed by atoms with Gasteiger partial charge in [-0.3, -0.25) is 4.79 Å². The van der Waals surface area contributed by atoms with Crippen LogP contribution in [-0.2, 0) is 4.79 Å². The maximum Gasteiger partial charge on any atom is 0.328 e. The van der Waals surface area contributed by atoms with Gasteiger partial charge in [-0.05, 0) is 38.3 Å². The van der Waals surface area contributed by atoms with Gasteiger partial charge in [0.1, 0.15) is 5.82 Å². The zero-order valence-electron chi connectivity index (χ0n) is 12.1. The molecule has 0 aliphatic rings. The van der Waals surface area contributed by atoms with Gasteiger partial charge in [0, 0.05) is 28.5 Å². The van der Waals surface area contributed by atoms with E-state index in [1.807, 2.05) is 20.1 Å². The number of nitrogens with one attached hydrogen (secondary N) is 1. The summed E-state index contributed by atoms with van der Waals surface area (Å²) in [6, 6.07) is 3.94. The van der Waals surface area contributed by atoms with E-state index >= 15 is 0 Å². The van der Waals surface area contributed by atoms with Crippen LogP contribution in [0.4, 0.5) is 4.39 Å². The van der Waals surface area contributed by atoms with E-state index in [9.17, 15) is 14.0 Å². The van der Waals surface area contributed by atoms with Crippen molar-refractivity contribution in [3.63, 3.8) is 0 Å². The summed E-state index contributed by atoms with van der Waals surface area (Å²) < 4.78 is 13.7. The van der Waals surface area contributed by atoms with Crippen LogP contribution in [0.2, 0.25) is 0 Å². The molecule has 0 heterocycles. The SMILES string of the molecule is CSC(C)(C)CNC(=O)c1ccc(/C=C/C(=O)O)c(F)c1. The lowest BCUT2D eigenvalue weighted by Crippen LogP contribution is -2.36. The summed E-state index contributed by atoms with van der Waals surface area (Å²) in [7, 11) is 0. The van der Waals surface area contributed by atoms with Gasteiger partial charge in [-0.15, -0.1) is 0 Å². The van der Waals surface area contributed by atoms with Gasteiger partial charge in [-0.25, -0.2) is 9.18 Å². The molecule has 0 saturated heterocycles. The van der Waals surface area contributed by atoms with Crippen LogP contribution in [0.3, 0.4) is 0 Å². The van der Waals surface area contributed by atoms with Crippen molar-refractivity contribution < 1.29 is 19.1 Å². The van der Waals surface area contributed by atoms with Gasteiger partial charge in [-0.1, -0.05) is 6.07 Å². The quantitative estimate of drug-likeness (QED) is 0.793. The number of thioether (sulfide) groups is 1. The fourth-order valence-corrected chi connectivity index (χ4v) is 1.65. The summed E-state index contributed by atoms with van der Waals surface area (Å²) in [6.07, 6.45) is 3.95. The molecule has 1 rings (SSSR count). The Kier molecular flexibility index (Phi) is 5.96. The highest BCUT2D eigenvalue weighted by Crippen LogP contribution is 2.20. The van der Waals surface area contributed by atoms with Crippen LogP contribution >= 0.6 is 11.8 Å². The van der Waals surface area contributed by atoms with E-state index in [-0.39, 0.29) is 21.8 Å². The van der Waals surface area contributed by atoms with E-state index in [1.165, 1.54) is 12.1 Å². The first-order valence-electron chi connectivity index (χ1n) is 6.29. The summed E-state index contributed by atoms with van der Waals surface area (Å²) in [5.74, 6) is -2.15. The molecule has 6 heteroatoms. The summed E-state index contributed by atoms with van der Waals surface area (Å²) in [5, 5.41) is 11.3. The highest BCUT2D eigenvalue weighted by molar-refractivity contribution is 7.99. The maximum absolute atomic E-state index is 13.8. The van der Waals surface area contributed by atoms with E-state index in [1.54, 1.807) is 11.8 Å². The van der Waals surface area contributed by atoms with Crippen molar-refractivity contribution in [3.05, 3.63) is 41.2 Å². The molecular weight excluding hydrogens is 293 g/mol. The zero-order valence-corrected chi connectivity index (χ0v) is 13.0. The normalized spacial score (nSPS) is 11.6. The van der Waals surface area contributed by atoms with Crippen LogP contribution in [0, 0.1) is 5.82 Å². The van der Waals surface area contributed by atoms with Crippen LogP contribution in [-0.4, -0.2) is 34.5 Å². The molecule has 1 aromatic carbocycles. The standard InChI is InChI=1S/C15H18FNO3S/c1-15(2,21-3)9-17-14(20)11-5-4-10(12(16)8-11)6-7-13(18)19/h4-8H,9H2,1-3H3,(H,17,20)(H,18,19)/b7-6+. The van der Waals surface area contributed by atoms with Gasteiger partial charge in [-0.2, -0.15) is 11.8 Å². The molecule has 2 N–H and O–H groups in total. The van der Waals surface area contributed by atoms with E-state index in [0.29, 0.717) is 6.54 Å². The Hall–Kier alpha value is -1.82. The minimum absolute atomic E-state index is 0.0988. The molecule has 0 radical (unpaired) electrons. The summed E-state index contributed by atoms with van der Waals surface area (Å²) in [4.78, 5) is 22.3. The first-order valence-corrected chi connectivity index (χ1v) is 7.51. The number of halogens is 1. The van der Waals surface area contributed by atoms with Crippen LogP contribution in [0.5, 0.6) is 0 Å². The molecule has 0 saturated carbocycles. The number of carbonyl (C=O) groups is 2. The van der Waals surface area contributed by atoms with E-state index < -0.39 is 11.8 Å². The van der Waals surface area contributed by atoms with Crippen molar-refractivity contribution >= 4 is 29.7 Å². The highest BCUT2D eigenvalue weighted by atomic mass is 32.2. The molecule has 1 amide bonds. The average Bonchev–Trinajstić information content (AvgIpc) is 2.43. The molecule has 0 aliphatic carbocycles. The van der Waals surface area contributed by atoms with Crippen LogP contribution < -0.4 is 5.32 Å². The van der Waals surface area contributed by atoms with E-state index in [2.05, 4.69) is 5.32 Å². The lowest BCUT2D eigenvalue weighted by Gasteiger charge is -2.22. The second-order valence-corrected chi connectivity index (χ2v) is 6.57. The molecule has 4 nitrogen and oxygen atoms in total. The van der Waals surface area contributed by atoms with Gasteiger partial charge >= 0.3 is 5.97 Å². The first-order chi connectivity index (χ1) is 9.75. The third kappa shape index (κ3) is 5.59. The second kappa shape index (κ2) is 7.26. The average molecular weight is 311 g/mol. The molecule has 0 spiro atoms. The zero-order chi connectivity index (χ0) is 16.0. The Morgan fingerprint density at radius 2 is 2.10 bits per heavy atom. The topological polar surface area (TPSA) is 66.4 Å². The van der Waals surface area contributed by atoms with Crippen molar-refractivity contribution in [1.29, 1.82) is 0 Å². The summed E-state index contributed by atoms with van der Waals surface area (Å²) in [5.41, 5.74) is 0.329. The van der Waals surface area contributed by atoms with Crippen molar-refractivity contribution in [2.24, 2.45) is 0 Å². The number of benzene rings is 1. The number of hydrogen-bond acceptors (Lipinski definition) is 3. The Balaban J connectivity index is 2.79. The molecular formula is C15H18FNO3S. The maximum atomic E-state index is 13.8. The number of hydrogen-bond donors (Lipinski definition) is 2. The van der Waals surface area contributed by atoms with Crippen LogP contribution in [0.25, 0.3) is 6.08 Å². The Morgan fingerprint density at radius 1 is 1.43 bits per heavy atom. The van der Waals surface area contributed by atoms with Crippen LogP contribution in [0.15, 0.2) is 24.3 Å². The summed E-state index contributed by atoms with van der Waals surface area (Å²) >= 11 is 1.63. The van der Waals surface area contributed by atoms with Crippen LogP contribution in [0.1, 0.15) is 29.8 Å². The lowest BCUT2D eigenvalue weighted by molar-refractivity contribution is -0.131. The highest BCUT2D eigenvalue weighted by Gasteiger charge is 2.17. The van der Waals surface area contributed by atoms with Gasteiger partial charge in [0.15, 0.2) is 0 Å². The Labute approximate surface area is 127 Å². The third-order valence-corrected chi connectivity index (χ3v) is 4.14. The molecule has 0 fully saturated rings. The molecule has 0 bridgehead atoms. The van der Waals surface area contributed by atoms with Gasteiger partial charge < -0.3 is 10.4 Å². The van der Waals surface area contributed by atoms with E-state index in [4.69, 9.17) is 5.11 Å². The fourth-order valence-electron chi connectivity index (χ4n) is 1.43. The summed E-state index contributed by atoms with van der Waals surface area (Å²) in [6.45, 7) is 4.46. The molecule has 0 aliphatic heterocycles. The van der Waals surface area contributed by atoms with Gasteiger partial charge in [0.25, 0.3) is 5.91 Å². The minimum Gasteiger partial charge on any atom is -0.478 e. The van der Waals surface area contributed by atoms with Gasteiger partial charge in [0.05, 0.1) is 0 Å². The van der Waals surface area contributed by atoms with E-state index in [0.717, 1.165) is 18.2 Å². The predicted molar refractivity (Wildman–Crippen MR) is 83.0 cm³/mol. The molecule has 1 aromatic rings. The fraction of sp³-hybridized carbons (Fsp3) is 0.333. The van der Waals surface area contributed by atoms with Crippen molar-refractivity contribution in [3.8, 4) is 0 Å². The smallest absolute Gasteiger partial charge is 0.328 e. The monoisotopic (exact) mass is 311 g/mol. The molecule has 0 unspecified atom stereocenters. The van der Waals surface area contributed by atoms with Crippen molar-refractivity contribution in [1.82, 2.24) is 5.32 Å². The Bertz CT molecular complexity index is 570. The van der Waals surface area contributed by atoms with Crippen molar-refractivity contribution in [2.75, 3.05) is 12.8 Å². The number of aliphatic carboxylic acids is 1. The van der Waals surface area contributed by atoms with Crippen molar-refractivity contribution in [2.45, 2.75) is 18.6 Å². The predicted octanol–water partition coefficient (Wildman–Crippen LogP) is 2.79. The lowest BCUT2D eigenvalue weighted by atomic mass is 10.1. The first kappa shape index (κ1) is 17.2. The Morgan fingerprint density at radius 3 is 2.62 bits per heavy atom. The molecule has 114 valence electrons. The number of rotatable bonds is 6. The molecule has 21 heavy (non-hydrogen) atoms. The largest absolute Gasteiger partial charge is 0.478 e. The third-order valence-electron chi connectivity index (χ3n) is 2.90. The number of carboxylic acid groups (broad SMARTS) is 1. The molecule has 0 aromatic heterocycles. The molecule has 0 atom stereocenters. The minimum atomic E-state index is -1.16. The number of amides is 1. The number of carbonyl (C=O) groups excluding carboxylic acids is 1. The van der Waals surface area contributed by atoms with Gasteiger partial charge in [0.2, 0.25) is 0 Å². The second-order valence-electron chi connectivity index (χ2n) is 5.05. The number of carboxylic acids is 1.